The van der Waals surface area contributed by atoms with E-state index >= 15 is 0 Å². The van der Waals surface area contributed by atoms with Gasteiger partial charge in [-0.2, -0.15) is 0 Å². The Balaban J connectivity index is 2.22. The van der Waals surface area contributed by atoms with Crippen molar-refractivity contribution in [3.63, 3.8) is 0 Å². The fourth-order valence-electron chi connectivity index (χ4n) is 2.49. The zero-order valence-corrected chi connectivity index (χ0v) is 13.3. The Bertz CT molecular complexity index is 676. The van der Waals surface area contributed by atoms with Crippen LogP contribution in [0.15, 0.2) is 30.0 Å². The number of rotatable bonds is 5. The first-order chi connectivity index (χ1) is 9.97. The van der Waals surface area contributed by atoms with Crippen LogP contribution in [0.1, 0.15) is 37.5 Å². The van der Waals surface area contributed by atoms with Crippen molar-refractivity contribution in [2.45, 2.75) is 40.5 Å². The number of H-pyrrole nitrogens is 1. The van der Waals surface area contributed by atoms with Crippen LogP contribution in [0.5, 0.6) is 0 Å². The van der Waals surface area contributed by atoms with Gasteiger partial charge in [-0.1, -0.05) is 11.6 Å². The Labute approximate surface area is 126 Å². The van der Waals surface area contributed by atoms with Crippen molar-refractivity contribution in [1.82, 2.24) is 10.3 Å². The number of hydrogen-bond acceptors (Lipinski definition) is 1. The Morgan fingerprint density at radius 2 is 2.00 bits per heavy atom. The molecule has 0 fully saturated rings. The van der Waals surface area contributed by atoms with Gasteiger partial charge in [0.15, 0.2) is 0 Å². The van der Waals surface area contributed by atoms with Crippen LogP contribution < -0.4 is 5.32 Å². The smallest absolute Gasteiger partial charge is 0.216 e. The van der Waals surface area contributed by atoms with Gasteiger partial charge >= 0.3 is 0 Å². The number of carbonyl (C=O) groups is 1. The second kappa shape index (κ2) is 6.61. The van der Waals surface area contributed by atoms with Crippen LogP contribution in [0.3, 0.4) is 0 Å². The summed E-state index contributed by atoms with van der Waals surface area (Å²) in [5.74, 6) is 0.0232. The van der Waals surface area contributed by atoms with E-state index in [0.717, 1.165) is 12.8 Å². The van der Waals surface area contributed by atoms with Crippen LogP contribution in [0.25, 0.3) is 10.9 Å². The molecule has 0 aliphatic heterocycles. The summed E-state index contributed by atoms with van der Waals surface area (Å²) in [5.41, 5.74) is 6.46. The number of allylic oxidation sites excluding steroid dienone is 2. The lowest BCUT2D eigenvalue weighted by atomic mass is 10.00. The molecule has 2 aromatic rings. The Kier molecular flexibility index (Phi) is 4.84. The monoisotopic (exact) mass is 284 g/mol. The number of carbonyl (C=O) groups excluding carboxylic acids is 1. The number of benzene rings is 1. The summed E-state index contributed by atoms with van der Waals surface area (Å²) in [7, 11) is 0. The molecule has 2 N–H and O–H groups in total. The van der Waals surface area contributed by atoms with Gasteiger partial charge in [-0.05, 0) is 62.4 Å². The predicted octanol–water partition coefficient (Wildman–Crippen LogP) is 3.66. The summed E-state index contributed by atoms with van der Waals surface area (Å²) in [6.07, 6.45) is 6.14. The maximum atomic E-state index is 10.9. The molecular formula is C18H24N2O. The summed E-state index contributed by atoms with van der Waals surface area (Å²) in [5, 5.41) is 4.11. The minimum absolute atomic E-state index is 0.0232. The van der Waals surface area contributed by atoms with Crippen molar-refractivity contribution in [2.75, 3.05) is 6.54 Å². The van der Waals surface area contributed by atoms with E-state index in [0.29, 0.717) is 6.54 Å². The van der Waals surface area contributed by atoms with Crippen LogP contribution in [-0.2, 0) is 17.6 Å². The molecule has 0 spiro atoms. The molecule has 1 aromatic heterocycles. The van der Waals surface area contributed by atoms with Gasteiger partial charge in [-0.3, -0.25) is 4.79 Å². The second-order valence-electron chi connectivity index (χ2n) is 5.86. The van der Waals surface area contributed by atoms with Gasteiger partial charge in [-0.15, -0.1) is 0 Å². The molecule has 0 saturated heterocycles. The summed E-state index contributed by atoms with van der Waals surface area (Å²) in [6.45, 7) is 8.65. The second-order valence-corrected chi connectivity index (χ2v) is 5.86. The third-order valence-corrected chi connectivity index (χ3v) is 3.72. The first kappa shape index (κ1) is 15.4. The number of fused-ring (bicyclic) bond motifs is 1. The van der Waals surface area contributed by atoms with E-state index in [1.54, 1.807) is 6.92 Å². The van der Waals surface area contributed by atoms with Crippen molar-refractivity contribution in [3.8, 4) is 0 Å². The normalized spacial score (nSPS) is 10.7. The fraction of sp³-hybridized carbons (Fsp3) is 0.389. The van der Waals surface area contributed by atoms with E-state index in [2.05, 4.69) is 55.5 Å². The number of amides is 1. The molecule has 0 unspecified atom stereocenters. The lowest BCUT2D eigenvalue weighted by Gasteiger charge is -2.06. The molecule has 1 heterocycles. The lowest BCUT2D eigenvalue weighted by Crippen LogP contribution is -2.22. The van der Waals surface area contributed by atoms with Crippen molar-refractivity contribution in [3.05, 3.63) is 46.7 Å². The highest BCUT2D eigenvalue weighted by molar-refractivity contribution is 5.85. The van der Waals surface area contributed by atoms with E-state index in [4.69, 9.17) is 0 Å². The molecule has 0 radical (unpaired) electrons. The molecule has 1 amide bonds. The predicted molar refractivity (Wildman–Crippen MR) is 88.6 cm³/mol. The van der Waals surface area contributed by atoms with Gasteiger partial charge in [-0.25, -0.2) is 0 Å². The van der Waals surface area contributed by atoms with Crippen molar-refractivity contribution < 1.29 is 4.79 Å². The lowest BCUT2D eigenvalue weighted by molar-refractivity contribution is -0.118. The Morgan fingerprint density at radius 3 is 2.67 bits per heavy atom. The van der Waals surface area contributed by atoms with Gasteiger partial charge < -0.3 is 10.3 Å². The van der Waals surface area contributed by atoms with E-state index in [-0.39, 0.29) is 5.91 Å². The van der Waals surface area contributed by atoms with E-state index < -0.39 is 0 Å². The highest BCUT2D eigenvalue weighted by Crippen LogP contribution is 2.23. The topological polar surface area (TPSA) is 44.9 Å². The van der Waals surface area contributed by atoms with Gasteiger partial charge in [0.2, 0.25) is 5.91 Å². The quantitative estimate of drug-likeness (QED) is 0.809. The maximum absolute atomic E-state index is 10.9. The molecule has 2 rings (SSSR count). The molecule has 112 valence electrons. The van der Waals surface area contributed by atoms with Gasteiger partial charge in [0.1, 0.15) is 0 Å². The maximum Gasteiger partial charge on any atom is 0.216 e. The van der Waals surface area contributed by atoms with Gasteiger partial charge in [0.05, 0.1) is 0 Å². The van der Waals surface area contributed by atoms with E-state index in [1.165, 1.54) is 33.2 Å². The first-order valence-corrected chi connectivity index (χ1v) is 7.44. The summed E-state index contributed by atoms with van der Waals surface area (Å²) >= 11 is 0. The molecule has 1 aromatic carbocycles. The molecule has 0 bridgehead atoms. The van der Waals surface area contributed by atoms with E-state index in [1.807, 2.05) is 0 Å². The number of aromatic nitrogens is 1. The average Bonchev–Trinajstić information content (AvgIpc) is 2.78. The summed E-state index contributed by atoms with van der Waals surface area (Å²) in [4.78, 5) is 14.3. The molecule has 0 atom stereocenters. The van der Waals surface area contributed by atoms with Crippen LogP contribution in [0.2, 0.25) is 0 Å². The fourth-order valence-corrected chi connectivity index (χ4v) is 2.49. The standard InChI is InChI=1S/C18H24N2O/c1-12(2)5-6-15-10-18-17(9-13(15)3)16(11-20-18)7-8-19-14(4)21/h5,9-11,20H,6-8H2,1-4H3,(H,19,21). The number of aromatic amines is 1. The Morgan fingerprint density at radius 1 is 1.24 bits per heavy atom. The van der Waals surface area contributed by atoms with Gasteiger partial charge in [0, 0.05) is 30.6 Å². The molecule has 3 heteroatoms. The minimum Gasteiger partial charge on any atom is -0.361 e. The van der Waals surface area contributed by atoms with Crippen LogP contribution in [-0.4, -0.2) is 17.4 Å². The molecule has 21 heavy (non-hydrogen) atoms. The molecule has 3 nitrogen and oxygen atoms in total. The van der Waals surface area contributed by atoms with Crippen molar-refractivity contribution in [2.24, 2.45) is 0 Å². The largest absolute Gasteiger partial charge is 0.361 e. The highest BCUT2D eigenvalue weighted by atomic mass is 16.1. The molecule has 0 saturated carbocycles. The van der Waals surface area contributed by atoms with Crippen LogP contribution in [0.4, 0.5) is 0 Å². The average molecular weight is 284 g/mol. The number of nitrogens with one attached hydrogen (secondary N) is 2. The highest BCUT2D eigenvalue weighted by Gasteiger charge is 2.07. The SMILES string of the molecule is CC(=O)NCCc1c[nH]c2cc(CC=C(C)C)c(C)cc12. The zero-order chi connectivity index (χ0) is 15.4. The molecule has 0 aliphatic rings. The Hall–Kier alpha value is -2.03. The van der Waals surface area contributed by atoms with Crippen molar-refractivity contribution in [1.29, 1.82) is 0 Å². The van der Waals surface area contributed by atoms with Crippen molar-refractivity contribution >= 4 is 16.8 Å². The third-order valence-electron chi connectivity index (χ3n) is 3.72. The van der Waals surface area contributed by atoms with Crippen LogP contribution >= 0.6 is 0 Å². The summed E-state index contributed by atoms with van der Waals surface area (Å²) in [6, 6.07) is 4.50. The van der Waals surface area contributed by atoms with Crippen LogP contribution in [0, 0.1) is 6.92 Å². The first-order valence-electron chi connectivity index (χ1n) is 7.44. The third kappa shape index (κ3) is 3.97. The molecular weight excluding hydrogens is 260 g/mol. The minimum atomic E-state index is 0.0232. The zero-order valence-electron chi connectivity index (χ0n) is 13.3. The number of hydrogen-bond donors (Lipinski definition) is 2. The van der Waals surface area contributed by atoms with Gasteiger partial charge in [0.25, 0.3) is 0 Å². The number of aryl methyl sites for hydroxylation is 1. The van der Waals surface area contributed by atoms with E-state index in [9.17, 15) is 4.79 Å². The summed E-state index contributed by atoms with van der Waals surface area (Å²) < 4.78 is 0. The molecule has 0 aliphatic carbocycles.